The number of esters is 1. The van der Waals surface area contributed by atoms with Crippen LogP contribution in [-0.4, -0.2) is 27.3 Å². The highest BCUT2D eigenvalue weighted by Crippen LogP contribution is 2.41. The molecule has 0 fully saturated rings. The number of carbonyl (C=O) groups is 1. The zero-order valence-electron chi connectivity index (χ0n) is 12.1. The van der Waals surface area contributed by atoms with Crippen LogP contribution >= 0.6 is 0 Å². The molecule has 0 N–H and O–H groups in total. The maximum absolute atomic E-state index is 11.6. The molecule has 0 aliphatic heterocycles. The summed E-state index contributed by atoms with van der Waals surface area (Å²) in [4.78, 5) is 11.6. The summed E-state index contributed by atoms with van der Waals surface area (Å²) >= 11 is 0. The van der Waals surface area contributed by atoms with E-state index in [-0.39, 0.29) is 0 Å². The van der Waals surface area contributed by atoms with Gasteiger partial charge in [-0.25, -0.2) is 4.79 Å². The van der Waals surface area contributed by atoms with Gasteiger partial charge in [0.25, 0.3) is 0 Å². The van der Waals surface area contributed by atoms with Gasteiger partial charge in [-0.05, 0) is 24.3 Å². The van der Waals surface area contributed by atoms with Gasteiger partial charge >= 0.3 is 5.97 Å². The van der Waals surface area contributed by atoms with E-state index in [0.717, 1.165) is 0 Å². The zero-order valence-corrected chi connectivity index (χ0v) is 12.1. The van der Waals surface area contributed by atoms with Crippen LogP contribution in [0, 0.1) is 0 Å². The standard InChI is InChI=1S/C16H16O5/c1-18-13-9-11(16(17)20-3)10-14(19-2)15(13)21-12-7-5-4-6-8-12/h4-10H,1-3H3. The maximum Gasteiger partial charge on any atom is 0.338 e. The van der Waals surface area contributed by atoms with E-state index in [1.54, 1.807) is 12.1 Å². The first-order chi connectivity index (χ1) is 10.2. The quantitative estimate of drug-likeness (QED) is 0.790. The number of carbonyl (C=O) groups excluding carboxylic acids is 1. The van der Waals surface area contributed by atoms with Crippen molar-refractivity contribution in [2.75, 3.05) is 21.3 Å². The Bertz CT molecular complexity index is 597. The van der Waals surface area contributed by atoms with Gasteiger partial charge in [-0.15, -0.1) is 0 Å². The molecular formula is C16H16O5. The second-order valence-electron chi connectivity index (χ2n) is 4.12. The van der Waals surface area contributed by atoms with E-state index in [2.05, 4.69) is 0 Å². The highest BCUT2D eigenvalue weighted by Gasteiger charge is 2.18. The summed E-state index contributed by atoms with van der Waals surface area (Å²) in [6.45, 7) is 0. The Balaban J connectivity index is 2.46. The molecule has 5 nitrogen and oxygen atoms in total. The smallest absolute Gasteiger partial charge is 0.338 e. The molecule has 2 rings (SSSR count). The van der Waals surface area contributed by atoms with Crippen molar-refractivity contribution in [1.82, 2.24) is 0 Å². The lowest BCUT2D eigenvalue weighted by Gasteiger charge is -2.15. The Morgan fingerprint density at radius 3 is 1.95 bits per heavy atom. The summed E-state index contributed by atoms with van der Waals surface area (Å²) in [7, 11) is 4.30. The minimum atomic E-state index is -0.474. The van der Waals surface area contributed by atoms with Gasteiger partial charge in [-0.1, -0.05) is 18.2 Å². The molecule has 0 saturated heterocycles. The molecule has 0 unspecified atom stereocenters. The molecule has 5 heteroatoms. The first kappa shape index (κ1) is 14.7. The number of methoxy groups -OCH3 is 3. The van der Waals surface area contributed by atoms with Crippen molar-refractivity contribution in [2.24, 2.45) is 0 Å². The van der Waals surface area contributed by atoms with Gasteiger partial charge in [-0.3, -0.25) is 0 Å². The minimum absolute atomic E-state index is 0.326. The predicted molar refractivity (Wildman–Crippen MR) is 77.4 cm³/mol. The maximum atomic E-state index is 11.6. The first-order valence-corrected chi connectivity index (χ1v) is 6.26. The molecule has 0 spiro atoms. The van der Waals surface area contributed by atoms with Crippen molar-refractivity contribution >= 4 is 5.97 Å². The Morgan fingerprint density at radius 2 is 1.48 bits per heavy atom. The van der Waals surface area contributed by atoms with E-state index in [0.29, 0.717) is 28.6 Å². The fourth-order valence-corrected chi connectivity index (χ4v) is 1.82. The fourth-order valence-electron chi connectivity index (χ4n) is 1.82. The molecule has 110 valence electrons. The Labute approximate surface area is 123 Å². The lowest BCUT2D eigenvalue weighted by molar-refractivity contribution is 0.0600. The Morgan fingerprint density at radius 1 is 0.905 bits per heavy atom. The third-order valence-electron chi connectivity index (χ3n) is 2.84. The average Bonchev–Trinajstić information content (AvgIpc) is 2.55. The summed E-state index contributed by atoms with van der Waals surface area (Å²) in [6, 6.07) is 12.3. The number of rotatable bonds is 5. The number of para-hydroxylation sites is 1. The highest BCUT2D eigenvalue weighted by atomic mass is 16.5. The van der Waals surface area contributed by atoms with E-state index in [9.17, 15) is 4.79 Å². The molecule has 0 aliphatic rings. The molecule has 2 aromatic rings. The summed E-state index contributed by atoms with van der Waals surface area (Å²) in [6.07, 6.45) is 0. The zero-order chi connectivity index (χ0) is 15.2. The van der Waals surface area contributed by atoms with Gasteiger partial charge in [0.1, 0.15) is 5.75 Å². The van der Waals surface area contributed by atoms with Gasteiger partial charge in [0.05, 0.1) is 26.9 Å². The van der Waals surface area contributed by atoms with Gasteiger partial charge in [0.15, 0.2) is 11.5 Å². The van der Waals surface area contributed by atoms with Crippen molar-refractivity contribution in [2.45, 2.75) is 0 Å². The summed E-state index contributed by atoms with van der Waals surface area (Å²) < 4.78 is 21.1. The summed E-state index contributed by atoms with van der Waals surface area (Å²) in [5.74, 6) is 1.34. The van der Waals surface area contributed by atoms with E-state index < -0.39 is 5.97 Å². The third-order valence-corrected chi connectivity index (χ3v) is 2.84. The van der Waals surface area contributed by atoms with E-state index >= 15 is 0 Å². The van der Waals surface area contributed by atoms with E-state index in [1.807, 2.05) is 30.3 Å². The summed E-state index contributed by atoms with van der Waals surface area (Å²) in [5, 5.41) is 0. The molecule has 0 bridgehead atoms. The van der Waals surface area contributed by atoms with Crippen LogP contribution in [0.4, 0.5) is 0 Å². The largest absolute Gasteiger partial charge is 0.493 e. The second-order valence-corrected chi connectivity index (χ2v) is 4.12. The third kappa shape index (κ3) is 3.25. The monoisotopic (exact) mass is 288 g/mol. The molecular weight excluding hydrogens is 272 g/mol. The van der Waals surface area contributed by atoms with E-state index in [4.69, 9.17) is 18.9 Å². The molecule has 0 amide bonds. The number of hydrogen-bond acceptors (Lipinski definition) is 5. The molecule has 0 atom stereocenters. The van der Waals surface area contributed by atoms with Gasteiger partial charge in [0, 0.05) is 0 Å². The number of hydrogen-bond donors (Lipinski definition) is 0. The Kier molecular flexibility index (Phi) is 4.66. The van der Waals surface area contributed by atoms with Crippen molar-refractivity contribution in [3.8, 4) is 23.0 Å². The Hall–Kier alpha value is -2.69. The van der Waals surface area contributed by atoms with Crippen molar-refractivity contribution in [3.05, 3.63) is 48.0 Å². The average molecular weight is 288 g/mol. The lowest BCUT2D eigenvalue weighted by atomic mass is 10.2. The first-order valence-electron chi connectivity index (χ1n) is 6.26. The highest BCUT2D eigenvalue weighted by molar-refractivity contribution is 5.91. The van der Waals surface area contributed by atoms with Crippen LogP contribution in [0.5, 0.6) is 23.0 Å². The van der Waals surface area contributed by atoms with Crippen LogP contribution in [-0.2, 0) is 4.74 Å². The molecule has 0 radical (unpaired) electrons. The molecule has 0 saturated carbocycles. The minimum Gasteiger partial charge on any atom is -0.493 e. The van der Waals surface area contributed by atoms with Crippen molar-refractivity contribution < 1.29 is 23.7 Å². The second kappa shape index (κ2) is 6.65. The van der Waals surface area contributed by atoms with Crippen molar-refractivity contribution in [3.63, 3.8) is 0 Å². The number of ether oxygens (including phenoxy) is 4. The lowest BCUT2D eigenvalue weighted by Crippen LogP contribution is -2.03. The molecule has 0 heterocycles. The van der Waals surface area contributed by atoms with Crippen LogP contribution in [0.25, 0.3) is 0 Å². The van der Waals surface area contributed by atoms with Gasteiger partial charge in [0.2, 0.25) is 5.75 Å². The van der Waals surface area contributed by atoms with Crippen LogP contribution < -0.4 is 14.2 Å². The van der Waals surface area contributed by atoms with Gasteiger partial charge < -0.3 is 18.9 Å². The molecule has 0 aromatic heterocycles. The SMILES string of the molecule is COC(=O)c1cc(OC)c(Oc2ccccc2)c(OC)c1. The normalized spacial score (nSPS) is 9.86. The van der Waals surface area contributed by atoms with Crippen molar-refractivity contribution in [1.29, 1.82) is 0 Å². The van der Waals surface area contributed by atoms with Gasteiger partial charge in [-0.2, -0.15) is 0 Å². The van der Waals surface area contributed by atoms with Crippen LogP contribution in [0.1, 0.15) is 10.4 Å². The van der Waals surface area contributed by atoms with Crippen LogP contribution in [0.2, 0.25) is 0 Å². The predicted octanol–water partition coefficient (Wildman–Crippen LogP) is 3.28. The summed E-state index contributed by atoms with van der Waals surface area (Å²) in [5.41, 5.74) is 0.326. The molecule has 2 aromatic carbocycles. The molecule has 21 heavy (non-hydrogen) atoms. The molecule has 0 aliphatic carbocycles. The topological polar surface area (TPSA) is 54.0 Å². The van der Waals surface area contributed by atoms with E-state index in [1.165, 1.54) is 21.3 Å². The van der Waals surface area contributed by atoms with Crippen LogP contribution in [0.3, 0.4) is 0 Å². The fraction of sp³-hybridized carbons (Fsp3) is 0.188. The number of benzene rings is 2. The van der Waals surface area contributed by atoms with Crippen LogP contribution in [0.15, 0.2) is 42.5 Å².